The zero-order chi connectivity index (χ0) is 20.3. The van der Waals surface area contributed by atoms with Crippen LogP contribution in [0.3, 0.4) is 0 Å². The molecule has 28 heavy (non-hydrogen) atoms. The molecule has 1 aliphatic heterocycles. The first-order valence-electron chi connectivity index (χ1n) is 8.52. The molecule has 0 radical (unpaired) electrons. The van der Waals surface area contributed by atoms with E-state index in [1.54, 1.807) is 24.0 Å². The number of rotatable bonds is 4. The van der Waals surface area contributed by atoms with E-state index in [0.29, 0.717) is 29.9 Å². The monoisotopic (exact) mass is 405 g/mol. The van der Waals surface area contributed by atoms with Crippen LogP contribution < -0.4 is 4.72 Å². The third-order valence-corrected chi connectivity index (χ3v) is 4.87. The van der Waals surface area contributed by atoms with E-state index in [4.69, 9.17) is 0 Å². The highest BCUT2D eigenvalue weighted by Crippen LogP contribution is 2.19. The minimum absolute atomic E-state index is 0.214. The van der Waals surface area contributed by atoms with E-state index in [1.165, 1.54) is 29.3 Å². The second kappa shape index (κ2) is 8.44. The van der Waals surface area contributed by atoms with Crippen molar-refractivity contribution in [3.63, 3.8) is 0 Å². The topological polar surface area (TPSA) is 106 Å². The Bertz CT molecular complexity index is 932. The fraction of sp³-hybridized carbons (Fsp3) is 0.278. The van der Waals surface area contributed by atoms with Gasteiger partial charge in [0.25, 0.3) is 11.8 Å². The fourth-order valence-electron chi connectivity index (χ4n) is 2.99. The smallest absolute Gasteiger partial charge is 0.275 e. The van der Waals surface area contributed by atoms with Crippen LogP contribution in [0.25, 0.3) is 0 Å². The summed E-state index contributed by atoms with van der Waals surface area (Å²) in [7, 11) is 0. The van der Waals surface area contributed by atoms with E-state index < -0.39 is 23.0 Å². The van der Waals surface area contributed by atoms with Gasteiger partial charge in [-0.15, -0.1) is 0 Å². The average Bonchev–Trinajstić information content (AvgIpc) is 2.68. The van der Waals surface area contributed by atoms with Crippen LogP contribution >= 0.6 is 0 Å². The van der Waals surface area contributed by atoms with E-state index in [2.05, 4.69) is 9.71 Å². The van der Waals surface area contributed by atoms with E-state index >= 15 is 0 Å². The molecule has 148 valence electrons. The van der Waals surface area contributed by atoms with Gasteiger partial charge in [-0.05, 0) is 42.8 Å². The second-order valence-corrected chi connectivity index (χ2v) is 6.96. The van der Waals surface area contributed by atoms with Crippen molar-refractivity contribution >= 4 is 28.8 Å². The molecule has 3 rings (SSSR count). The number of anilines is 1. The van der Waals surface area contributed by atoms with Crippen LogP contribution in [-0.2, 0) is 11.3 Å². The van der Waals surface area contributed by atoms with Crippen LogP contribution in [0.2, 0.25) is 0 Å². The zero-order valence-corrected chi connectivity index (χ0v) is 15.9. The summed E-state index contributed by atoms with van der Waals surface area (Å²) in [6, 6.07) is 7.29. The summed E-state index contributed by atoms with van der Waals surface area (Å²) in [6.07, 6.45) is 1.36. The minimum atomic E-state index is -2.44. The molecule has 1 saturated heterocycles. The number of benzene rings is 1. The Kier molecular flexibility index (Phi) is 6.00. The Hall–Kier alpha value is -2.85. The van der Waals surface area contributed by atoms with Gasteiger partial charge >= 0.3 is 0 Å². The Morgan fingerprint density at radius 1 is 1.14 bits per heavy atom. The Morgan fingerprint density at radius 2 is 1.79 bits per heavy atom. The van der Waals surface area contributed by atoms with E-state index in [-0.39, 0.29) is 24.7 Å². The Morgan fingerprint density at radius 3 is 2.36 bits per heavy atom. The van der Waals surface area contributed by atoms with Gasteiger partial charge < -0.3 is 19.1 Å². The van der Waals surface area contributed by atoms with E-state index in [1.807, 2.05) is 0 Å². The molecule has 1 aromatic carbocycles. The number of carbonyl (C=O) groups excluding carboxylic acids is 2. The quantitative estimate of drug-likeness (QED) is 0.773. The largest absolute Gasteiger partial charge is 0.755 e. The van der Waals surface area contributed by atoms with Gasteiger partial charge in [-0.25, -0.2) is 9.37 Å². The summed E-state index contributed by atoms with van der Waals surface area (Å²) in [5, 5.41) is 0. The lowest BCUT2D eigenvalue weighted by Gasteiger charge is -2.34. The van der Waals surface area contributed by atoms with Crippen molar-refractivity contribution in [2.75, 3.05) is 30.9 Å². The highest BCUT2D eigenvalue weighted by Gasteiger charge is 2.27. The molecule has 2 heterocycles. The third-order valence-electron chi connectivity index (χ3n) is 4.48. The number of hydrogen-bond donors (Lipinski definition) is 1. The van der Waals surface area contributed by atoms with Crippen LogP contribution in [-0.4, -0.2) is 61.5 Å². The lowest BCUT2D eigenvalue weighted by molar-refractivity contribution is 0.0529. The maximum Gasteiger partial charge on any atom is 0.275 e. The van der Waals surface area contributed by atoms with Gasteiger partial charge in [0.1, 0.15) is 0 Å². The number of hydrogen-bond acceptors (Lipinski definition) is 5. The Balaban J connectivity index is 1.64. The first-order chi connectivity index (χ1) is 13.4. The summed E-state index contributed by atoms with van der Waals surface area (Å²) in [4.78, 5) is 32.0. The van der Waals surface area contributed by atoms with Crippen molar-refractivity contribution in [3.8, 4) is 0 Å². The summed E-state index contributed by atoms with van der Waals surface area (Å²) in [6.45, 7) is 2.86. The molecule has 1 aliphatic rings. The van der Waals surface area contributed by atoms with Crippen molar-refractivity contribution < 1.29 is 22.7 Å². The van der Waals surface area contributed by atoms with Gasteiger partial charge in [-0.1, -0.05) is 0 Å². The number of piperazine rings is 1. The van der Waals surface area contributed by atoms with Crippen LogP contribution in [0.15, 0.2) is 36.5 Å². The number of amides is 2. The molecule has 8 nitrogen and oxygen atoms in total. The molecule has 2 amide bonds. The predicted molar refractivity (Wildman–Crippen MR) is 99.7 cm³/mol. The van der Waals surface area contributed by atoms with Gasteiger partial charge in [-0.3, -0.25) is 13.8 Å². The zero-order valence-electron chi connectivity index (χ0n) is 15.1. The van der Waals surface area contributed by atoms with Crippen LogP contribution in [0.5, 0.6) is 0 Å². The maximum atomic E-state index is 13.8. The average molecular weight is 405 g/mol. The Labute approximate surface area is 163 Å². The van der Waals surface area contributed by atoms with E-state index in [0.717, 1.165) is 0 Å². The molecule has 0 saturated carbocycles. The summed E-state index contributed by atoms with van der Waals surface area (Å²) < 4.78 is 37.5. The number of nitrogens with one attached hydrogen (secondary N) is 1. The number of nitrogens with zero attached hydrogens (tertiary/aromatic N) is 3. The third kappa shape index (κ3) is 4.34. The minimum Gasteiger partial charge on any atom is -0.755 e. The number of aryl methyl sites for hydroxylation is 1. The lowest BCUT2D eigenvalue weighted by Crippen LogP contribution is -2.50. The van der Waals surface area contributed by atoms with Gasteiger partial charge in [-0.2, -0.15) is 0 Å². The van der Waals surface area contributed by atoms with Gasteiger partial charge in [0.15, 0.2) is 11.5 Å². The molecule has 1 aromatic heterocycles. The molecule has 1 N–H and O–H groups in total. The fourth-order valence-corrected chi connectivity index (χ4v) is 3.40. The molecular weight excluding hydrogens is 387 g/mol. The second-order valence-electron chi connectivity index (χ2n) is 6.28. The normalized spacial score (nSPS) is 15.2. The molecule has 0 bridgehead atoms. The van der Waals surface area contributed by atoms with Crippen molar-refractivity contribution in [3.05, 3.63) is 59.2 Å². The molecule has 0 spiro atoms. The number of carbonyl (C=O) groups is 2. The van der Waals surface area contributed by atoms with Crippen LogP contribution in [0.4, 0.5) is 10.1 Å². The molecular formula is C18H18FN4O4S-. The highest BCUT2D eigenvalue weighted by atomic mass is 32.2. The summed E-state index contributed by atoms with van der Waals surface area (Å²) in [5.74, 6) is -1.38. The molecule has 1 fully saturated rings. The molecule has 1 atom stereocenters. The molecule has 2 aromatic rings. The van der Waals surface area contributed by atoms with Crippen LogP contribution in [0.1, 0.15) is 26.4 Å². The standard InChI is InChI=1S/C18H19FN4O4S/c1-12-11-13(4-5-15(12)21-28(26)27)17(24)22-7-9-23(10-8-22)18(25)16-14(19)3-2-6-20-16/h2-6,11,21H,7-10H2,1H3,(H,26,27)/p-1. The number of pyridine rings is 1. The number of halogens is 1. The van der Waals surface area contributed by atoms with Gasteiger partial charge in [0.05, 0.1) is 0 Å². The first-order valence-corrected chi connectivity index (χ1v) is 9.60. The van der Waals surface area contributed by atoms with Crippen molar-refractivity contribution in [1.82, 2.24) is 14.8 Å². The van der Waals surface area contributed by atoms with Gasteiger partial charge in [0, 0.05) is 54.9 Å². The SMILES string of the molecule is Cc1cc(C(=O)N2CCN(C(=O)c3ncccc3F)CC2)ccc1NS(=O)[O-]. The van der Waals surface area contributed by atoms with Crippen molar-refractivity contribution in [2.45, 2.75) is 6.92 Å². The first kappa shape index (κ1) is 19.9. The summed E-state index contributed by atoms with van der Waals surface area (Å²) in [5.41, 5.74) is 1.22. The molecule has 1 unspecified atom stereocenters. The van der Waals surface area contributed by atoms with Crippen molar-refractivity contribution in [1.29, 1.82) is 0 Å². The van der Waals surface area contributed by atoms with Gasteiger partial charge in [0.2, 0.25) is 0 Å². The highest BCUT2D eigenvalue weighted by molar-refractivity contribution is 7.80. The predicted octanol–water partition coefficient (Wildman–Crippen LogP) is 1.33. The van der Waals surface area contributed by atoms with Crippen LogP contribution in [0, 0.1) is 12.7 Å². The lowest BCUT2D eigenvalue weighted by atomic mass is 10.1. The summed E-state index contributed by atoms with van der Waals surface area (Å²) >= 11 is -2.44. The maximum absolute atomic E-state index is 13.8. The van der Waals surface area contributed by atoms with Crippen molar-refractivity contribution in [2.24, 2.45) is 0 Å². The molecule has 10 heteroatoms. The van der Waals surface area contributed by atoms with E-state index in [9.17, 15) is 22.7 Å². The number of aromatic nitrogens is 1. The molecule has 0 aliphatic carbocycles.